The maximum absolute atomic E-state index is 12.8. The molecule has 1 unspecified atom stereocenters. The predicted molar refractivity (Wildman–Crippen MR) is 118 cm³/mol. The molecule has 1 saturated carbocycles. The molecule has 1 aliphatic carbocycles. The summed E-state index contributed by atoms with van der Waals surface area (Å²) in [5.41, 5.74) is 3.95. The third-order valence-electron chi connectivity index (χ3n) is 6.18. The quantitative estimate of drug-likeness (QED) is 0.578. The molecule has 29 heavy (non-hydrogen) atoms. The van der Waals surface area contributed by atoms with E-state index in [1.165, 1.54) is 38.5 Å². The molecule has 0 aliphatic heterocycles. The molecule has 1 fully saturated rings. The lowest BCUT2D eigenvalue weighted by molar-refractivity contribution is 0.0937. The maximum Gasteiger partial charge on any atom is 0.251 e. The summed E-state index contributed by atoms with van der Waals surface area (Å²) >= 11 is 0. The topological polar surface area (TPSA) is 46.9 Å². The Morgan fingerprint density at radius 1 is 1.14 bits per heavy atom. The number of amides is 1. The van der Waals surface area contributed by atoms with Gasteiger partial charge in [0.1, 0.15) is 5.82 Å². The average Bonchev–Trinajstić information content (AvgIpc) is 3.12. The van der Waals surface area contributed by atoms with Crippen molar-refractivity contribution in [1.29, 1.82) is 0 Å². The van der Waals surface area contributed by atoms with Crippen molar-refractivity contribution in [3.8, 4) is 0 Å². The number of aryl methyl sites for hydroxylation is 2. The summed E-state index contributed by atoms with van der Waals surface area (Å²) in [4.78, 5) is 17.7. The van der Waals surface area contributed by atoms with Gasteiger partial charge in [-0.25, -0.2) is 4.98 Å². The van der Waals surface area contributed by atoms with Gasteiger partial charge >= 0.3 is 0 Å². The standard InChI is InChI=1S/C25H31N3O/c1-18-9-8-12-21(17-18)25(29)26-19(2)24-27-22-13-6-7-14-23(22)28(24)16-15-20-10-4-3-5-11-20/h6-9,12-14,17,19-20H,3-5,10-11,15-16H2,1-2H3,(H,26,29). The molecule has 152 valence electrons. The molecule has 0 bridgehead atoms. The molecule has 1 atom stereocenters. The van der Waals surface area contributed by atoms with Crippen LogP contribution in [0.2, 0.25) is 0 Å². The van der Waals surface area contributed by atoms with E-state index in [4.69, 9.17) is 4.98 Å². The molecule has 3 aromatic rings. The van der Waals surface area contributed by atoms with Crippen LogP contribution in [0.1, 0.15) is 73.2 Å². The number of para-hydroxylation sites is 2. The van der Waals surface area contributed by atoms with Gasteiger partial charge in [-0.05, 0) is 50.5 Å². The number of rotatable bonds is 6. The Kier molecular flexibility index (Phi) is 5.98. The minimum absolute atomic E-state index is 0.0490. The third kappa shape index (κ3) is 4.52. The molecule has 4 nitrogen and oxygen atoms in total. The Labute approximate surface area is 173 Å². The van der Waals surface area contributed by atoms with Crippen molar-refractivity contribution in [2.75, 3.05) is 0 Å². The van der Waals surface area contributed by atoms with Crippen molar-refractivity contribution in [2.24, 2.45) is 5.92 Å². The van der Waals surface area contributed by atoms with Gasteiger partial charge in [-0.1, -0.05) is 61.9 Å². The zero-order valence-electron chi connectivity index (χ0n) is 17.5. The minimum Gasteiger partial charge on any atom is -0.342 e. The summed E-state index contributed by atoms with van der Waals surface area (Å²) in [5.74, 6) is 1.71. The monoisotopic (exact) mass is 389 g/mol. The van der Waals surface area contributed by atoms with Gasteiger partial charge in [0.2, 0.25) is 0 Å². The summed E-state index contributed by atoms with van der Waals surface area (Å²) in [5, 5.41) is 3.16. The highest BCUT2D eigenvalue weighted by Crippen LogP contribution is 2.28. The normalized spacial score (nSPS) is 16.1. The van der Waals surface area contributed by atoms with Crippen LogP contribution in [0.3, 0.4) is 0 Å². The molecule has 1 amide bonds. The van der Waals surface area contributed by atoms with E-state index in [-0.39, 0.29) is 11.9 Å². The number of benzene rings is 2. The van der Waals surface area contributed by atoms with Crippen molar-refractivity contribution < 1.29 is 4.79 Å². The Morgan fingerprint density at radius 3 is 2.72 bits per heavy atom. The highest BCUT2D eigenvalue weighted by Gasteiger charge is 2.20. The minimum atomic E-state index is -0.151. The fourth-order valence-corrected chi connectivity index (χ4v) is 4.58. The predicted octanol–water partition coefficient (Wildman–Crippen LogP) is 5.81. The van der Waals surface area contributed by atoms with Crippen LogP contribution in [0.5, 0.6) is 0 Å². The largest absolute Gasteiger partial charge is 0.342 e. The van der Waals surface area contributed by atoms with Crippen molar-refractivity contribution in [3.05, 3.63) is 65.5 Å². The lowest BCUT2D eigenvalue weighted by Gasteiger charge is -2.23. The van der Waals surface area contributed by atoms with E-state index in [0.29, 0.717) is 5.56 Å². The molecule has 1 N–H and O–H groups in total. The van der Waals surface area contributed by atoms with Crippen LogP contribution < -0.4 is 5.32 Å². The zero-order chi connectivity index (χ0) is 20.2. The second-order valence-electron chi connectivity index (χ2n) is 8.47. The van der Waals surface area contributed by atoms with Gasteiger partial charge in [0.25, 0.3) is 5.91 Å². The lowest BCUT2D eigenvalue weighted by Crippen LogP contribution is -2.29. The number of carbonyl (C=O) groups is 1. The maximum atomic E-state index is 12.8. The lowest BCUT2D eigenvalue weighted by atomic mass is 9.87. The van der Waals surface area contributed by atoms with Crippen LogP contribution in [0, 0.1) is 12.8 Å². The first kappa shape index (κ1) is 19.7. The van der Waals surface area contributed by atoms with E-state index >= 15 is 0 Å². The van der Waals surface area contributed by atoms with Gasteiger partial charge in [-0.3, -0.25) is 4.79 Å². The van der Waals surface area contributed by atoms with Crippen LogP contribution in [-0.2, 0) is 6.54 Å². The van der Waals surface area contributed by atoms with Gasteiger partial charge in [-0.2, -0.15) is 0 Å². The molecule has 1 heterocycles. The smallest absolute Gasteiger partial charge is 0.251 e. The highest BCUT2D eigenvalue weighted by atomic mass is 16.1. The van der Waals surface area contributed by atoms with E-state index < -0.39 is 0 Å². The van der Waals surface area contributed by atoms with Crippen molar-refractivity contribution in [2.45, 2.75) is 65.0 Å². The van der Waals surface area contributed by atoms with E-state index in [0.717, 1.165) is 34.9 Å². The number of fused-ring (bicyclic) bond motifs is 1. The number of hydrogen-bond acceptors (Lipinski definition) is 2. The van der Waals surface area contributed by atoms with Crippen molar-refractivity contribution in [3.63, 3.8) is 0 Å². The first-order valence-electron chi connectivity index (χ1n) is 10.9. The summed E-state index contributed by atoms with van der Waals surface area (Å²) in [7, 11) is 0. The van der Waals surface area contributed by atoms with Gasteiger partial charge < -0.3 is 9.88 Å². The van der Waals surface area contributed by atoms with Crippen LogP contribution in [0.15, 0.2) is 48.5 Å². The van der Waals surface area contributed by atoms with E-state index in [1.807, 2.05) is 44.2 Å². The molecular formula is C25H31N3O. The molecule has 2 aromatic carbocycles. The number of nitrogens with zero attached hydrogens (tertiary/aromatic N) is 2. The van der Waals surface area contributed by atoms with Gasteiger partial charge in [0.05, 0.1) is 17.1 Å². The molecule has 0 spiro atoms. The molecule has 4 heteroatoms. The van der Waals surface area contributed by atoms with Gasteiger partial charge in [-0.15, -0.1) is 0 Å². The molecule has 1 aliphatic rings. The number of nitrogens with one attached hydrogen (secondary N) is 1. The number of aromatic nitrogens is 2. The van der Waals surface area contributed by atoms with E-state index in [9.17, 15) is 4.79 Å². The number of imidazole rings is 1. The third-order valence-corrected chi connectivity index (χ3v) is 6.18. The summed E-state index contributed by atoms with van der Waals surface area (Å²) in [6.07, 6.45) is 8.00. The number of carbonyl (C=O) groups excluding carboxylic acids is 1. The molecular weight excluding hydrogens is 358 g/mol. The Morgan fingerprint density at radius 2 is 1.93 bits per heavy atom. The zero-order valence-corrected chi connectivity index (χ0v) is 17.5. The highest BCUT2D eigenvalue weighted by molar-refractivity contribution is 5.94. The summed E-state index contributed by atoms with van der Waals surface area (Å²) in [6, 6.07) is 15.9. The van der Waals surface area contributed by atoms with Crippen LogP contribution in [0.25, 0.3) is 11.0 Å². The van der Waals surface area contributed by atoms with E-state index in [2.05, 4.69) is 28.1 Å². The fraction of sp³-hybridized carbons (Fsp3) is 0.440. The summed E-state index contributed by atoms with van der Waals surface area (Å²) < 4.78 is 2.32. The van der Waals surface area contributed by atoms with Crippen LogP contribution >= 0.6 is 0 Å². The van der Waals surface area contributed by atoms with Gasteiger partial charge in [0.15, 0.2) is 0 Å². The van der Waals surface area contributed by atoms with Crippen molar-refractivity contribution in [1.82, 2.24) is 14.9 Å². The molecule has 0 saturated heterocycles. The second-order valence-corrected chi connectivity index (χ2v) is 8.47. The first-order chi connectivity index (χ1) is 14.1. The second kappa shape index (κ2) is 8.81. The Hall–Kier alpha value is -2.62. The fourth-order valence-electron chi connectivity index (χ4n) is 4.58. The molecule has 4 rings (SSSR count). The first-order valence-corrected chi connectivity index (χ1v) is 10.9. The Balaban J connectivity index is 1.55. The van der Waals surface area contributed by atoms with E-state index in [1.54, 1.807) is 0 Å². The molecule has 1 aromatic heterocycles. The SMILES string of the molecule is Cc1cccc(C(=O)NC(C)c2nc3ccccc3n2CCC2CCCCC2)c1. The molecule has 0 radical (unpaired) electrons. The number of hydrogen-bond donors (Lipinski definition) is 1. The van der Waals surface area contributed by atoms with Crippen LogP contribution in [-0.4, -0.2) is 15.5 Å². The average molecular weight is 390 g/mol. The van der Waals surface area contributed by atoms with Gasteiger partial charge in [0, 0.05) is 12.1 Å². The summed E-state index contributed by atoms with van der Waals surface area (Å²) in [6.45, 7) is 5.00. The Bertz CT molecular complexity index is 985. The van der Waals surface area contributed by atoms with Crippen LogP contribution in [0.4, 0.5) is 0 Å². The van der Waals surface area contributed by atoms with Crippen molar-refractivity contribution >= 4 is 16.9 Å².